The number of carboxylic acid groups (broad SMARTS) is 1. The molecule has 2 N–H and O–H groups in total. The molecule has 0 fully saturated rings. The van der Waals surface area contributed by atoms with Crippen LogP contribution in [0.1, 0.15) is 44.8 Å². The van der Waals surface area contributed by atoms with Crippen molar-refractivity contribution >= 4 is 46.0 Å². The molecule has 1 aromatic heterocycles. The minimum Gasteiger partial charge on any atom is -0.478 e. The second-order valence-electron chi connectivity index (χ2n) is 11.5. The fraction of sp³-hybridized carbons (Fsp3) is 0.139. The zero-order valence-electron chi connectivity index (χ0n) is 24.7. The van der Waals surface area contributed by atoms with Crippen LogP contribution in [0.4, 0.5) is 0 Å². The minimum absolute atomic E-state index is 0.185. The molecule has 5 aromatic carbocycles. The van der Waals surface area contributed by atoms with Gasteiger partial charge < -0.3 is 15.0 Å². The fourth-order valence-electron chi connectivity index (χ4n) is 5.50. The first-order valence-electron chi connectivity index (χ1n) is 14.3. The van der Waals surface area contributed by atoms with E-state index in [0.29, 0.717) is 17.6 Å². The van der Waals surface area contributed by atoms with Gasteiger partial charge in [0.1, 0.15) is 7.14 Å². The number of hydrogen-bond acceptors (Lipinski definition) is 4. The highest BCUT2D eigenvalue weighted by Crippen LogP contribution is 2.36. The molecule has 0 aliphatic carbocycles. The molecule has 1 heterocycles. The lowest BCUT2D eigenvalue weighted by molar-refractivity contribution is 0.0696. The topological polar surface area (TPSA) is 101 Å². The Balaban J connectivity index is 1.42. The number of aromatic carboxylic acids is 1. The van der Waals surface area contributed by atoms with Crippen LogP contribution in [-0.2, 0) is 11.1 Å². The van der Waals surface area contributed by atoms with Gasteiger partial charge in [0, 0.05) is 10.7 Å². The normalized spacial score (nSPS) is 12.3. The van der Waals surface area contributed by atoms with Crippen LogP contribution in [0.15, 0.2) is 109 Å². The van der Waals surface area contributed by atoms with Crippen molar-refractivity contribution in [1.29, 1.82) is 0 Å². The molecule has 6 aromatic rings. The number of aromatic nitrogens is 2. The maximum atomic E-state index is 14.0. The molecule has 7 nitrogen and oxygen atoms in total. The molecule has 1 amide bonds. The fourth-order valence-corrected chi connectivity index (χ4v) is 6.39. The van der Waals surface area contributed by atoms with Crippen molar-refractivity contribution in [2.45, 2.75) is 19.5 Å². The van der Waals surface area contributed by atoms with Gasteiger partial charge in [0.05, 0.1) is 35.4 Å². The van der Waals surface area contributed by atoms with E-state index in [-0.39, 0.29) is 17.5 Å². The van der Waals surface area contributed by atoms with E-state index >= 15 is 0 Å². The van der Waals surface area contributed by atoms with Crippen LogP contribution >= 0.6 is 7.14 Å². The highest BCUT2D eigenvalue weighted by molar-refractivity contribution is 7.70. The third-order valence-electron chi connectivity index (χ3n) is 7.93. The van der Waals surface area contributed by atoms with Gasteiger partial charge in [-0.3, -0.25) is 9.48 Å². The zero-order valence-corrected chi connectivity index (χ0v) is 25.6. The smallest absolute Gasteiger partial charge is 0.335 e. The summed E-state index contributed by atoms with van der Waals surface area (Å²) >= 11 is 0. The summed E-state index contributed by atoms with van der Waals surface area (Å²) in [4.78, 5) is 25.3. The molecular formula is C36H32N3O4P. The van der Waals surface area contributed by atoms with Gasteiger partial charge in [-0.15, -0.1) is 0 Å². The first kappa shape index (κ1) is 29.1. The molecular weight excluding hydrogens is 569 g/mol. The lowest BCUT2D eigenvalue weighted by atomic mass is 9.99. The number of hydrogen-bond donors (Lipinski definition) is 2. The number of fused-ring (bicyclic) bond motifs is 2. The average Bonchev–Trinajstić information content (AvgIpc) is 3.42. The lowest BCUT2D eigenvalue weighted by Crippen LogP contribution is -2.27. The van der Waals surface area contributed by atoms with Gasteiger partial charge in [-0.05, 0) is 89.7 Å². The van der Waals surface area contributed by atoms with Crippen molar-refractivity contribution in [3.8, 4) is 11.1 Å². The van der Waals surface area contributed by atoms with E-state index in [2.05, 4.69) is 35.6 Å². The molecule has 0 saturated carbocycles. The van der Waals surface area contributed by atoms with E-state index in [1.807, 2.05) is 60.1 Å². The Morgan fingerprint density at radius 2 is 1.59 bits per heavy atom. The zero-order chi connectivity index (χ0) is 31.0. The van der Waals surface area contributed by atoms with E-state index in [4.69, 9.17) is 5.10 Å². The number of carbonyl (C=O) groups is 2. The van der Waals surface area contributed by atoms with Crippen molar-refractivity contribution in [2.75, 3.05) is 13.3 Å². The Morgan fingerprint density at radius 1 is 0.841 bits per heavy atom. The van der Waals surface area contributed by atoms with Gasteiger partial charge in [-0.25, -0.2) is 4.79 Å². The summed E-state index contributed by atoms with van der Waals surface area (Å²) in [5.74, 6) is -1.28. The number of benzene rings is 5. The summed E-state index contributed by atoms with van der Waals surface area (Å²) < 4.78 is 14.7. The molecule has 0 aliphatic rings. The van der Waals surface area contributed by atoms with Crippen molar-refractivity contribution in [3.63, 3.8) is 0 Å². The molecule has 44 heavy (non-hydrogen) atoms. The Kier molecular flexibility index (Phi) is 7.66. The molecule has 220 valence electrons. The van der Waals surface area contributed by atoms with E-state index in [0.717, 1.165) is 43.7 Å². The monoisotopic (exact) mass is 601 g/mol. The summed E-state index contributed by atoms with van der Waals surface area (Å²) in [6.07, 6.45) is 1.78. The maximum Gasteiger partial charge on any atom is 0.335 e. The number of amides is 1. The number of carboxylic acids is 1. The Bertz CT molecular complexity index is 2090. The lowest BCUT2D eigenvalue weighted by Gasteiger charge is -2.17. The quantitative estimate of drug-likeness (QED) is 0.178. The summed E-state index contributed by atoms with van der Waals surface area (Å²) in [5, 5.41) is 20.9. The second kappa shape index (κ2) is 11.6. The van der Waals surface area contributed by atoms with Gasteiger partial charge in [0.2, 0.25) is 0 Å². The van der Waals surface area contributed by atoms with Crippen LogP contribution in [0.25, 0.3) is 32.8 Å². The molecule has 0 bridgehead atoms. The van der Waals surface area contributed by atoms with Crippen LogP contribution in [0.2, 0.25) is 0 Å². The predicted octanol–water partition coefficient (Wildman–Crippen LogP) is 7.34. The van der Waals surface area contributed by atoms with Gasteiger partial charge in [-0.2, -0.15) is 5.10 Å². The highest BCUT2D eigenvalue weighted by atomic mass is 31.2. The van der Waals surface area contributed by atoms with Gasteiger partial charge in [0.25, 0.3) is 5.91 Å². The molecule has 1 atom stereocenters. The van der Waals surface area contributed by atoms with Gasteiger partial charge in [0.15, 0.2) is 0 Å². The molecule has 8 heteroatoms. The third-order valence-corrected chi connectivity index (χ3v) is 9.45. The largest absolute Gasteiger partial charge is 0.478 e. The minimum atomic E-state index is -2.49. The first-order chi connectivity index (χ1) is 21.1. The summed E-state index contributed by atoms with van der Waals surface area (Å²) in [6, 6.07) is 32.1. The third kappa shape index (κ3) is 5.92. The van der Waals surface area contributed by atoms with E-state index in [9.17, 15) is 19.3 Å². The number of carbonyl (C=O) groups excluding carboxylic acids is 1. The SMILES string of the molecule is C[C@H](NC(=O)c1cc(-c2cccc(P(C)(C)=O)c2)cc2cnn(Cc3ccc4ccccc4c3)c12)c1ccc(C(=O)O)cc1. The van der Waals surface area contributed by atoms with Crippen molar-refractivity contribution in [1.82, 2.24) is 15.1 Å². The molecule has 0 saturated heterocycles. The van der Waals surface area contributed by atoms with E-state index < -0.39 is 13.1 Å². The van der Waals surface area contributed by atoms with Crippen LogP contribution in [0, 0.1) is 0 Å². The standard InChI is InChI=1S/C36H32N3O4P/c1-23(25-13-15-27(16-14-25)36(41)42)38-35(40)33-20-30(29-9-6-10-32(19-29)44(2,3)43)18-31-21-37-39(34(31)33)22-24-11-12-26-7-4-5-8-28(26)17-24/h4-21,23H,22H2,1-3H3,(H,38,40)(H,41,42)/t23-/m0/s1. The molecule has 0 radical (unpaired) electrons. The predicted molar refractivity (Wildman–Crippen MR) is 177 cm³/mol. The number of nitrogens with one attached hydrogen (secondary N) is 1. The van der Waals surface area contributed by atoms with Crippen LogP contribution < -0.4 is 10.6 Å². The summed E-state index contributed by atoms with van der Waals surface area (Å²) in [5.41, 5.74) is 4.89. The first-order valence-corrected chi connectivity index (χ1v) is 16.9. The Hall–Kier alpha value is -5.00. The second-order valence-corrected chi connectivity index (χ2v) is 14.7. The van der Waals surface area contributed by atoms with Crippen molar-refractivity contribution in [2.24, 2.45) is 0 Å². The van der Waals surface area contributed by atoms with Crippen molar-refractivity contribution in [3.05, 3.63) is 132 Å². The van der Waals surface area contributed by atoms with Crippen LogP contribution in [0.5, 0.6) is 0 Å². The van der Waals surface area contributed by atoms with E-state index in [1.54, 1.807) is 31.7 Å². The Labute approximate surface area is 255 Å². The molecule has 0 aliphatic heterocycles. The number of rotatable bonds is 8. The molecule has 6 rings (SSSR count). The molecule has 0 unspecified atom stereocenters. The summed E-state index contributed by atoms with van der Waals surface area (Å²) in [7, 11) is -2.49. The maximum absolute atomic E-state index is 14.0. The van der Waals surface area contributed by atoms with Crippen LogP contribution in [-0.4, -0.2) is 40.1 Å². The van der Waals surface area contributed by atoms with E-state index in [1.165, 1.54) is 12.1 Å². The van der Waals surface area contributed by atoms with Gasteiger partial charge in [-0.1, -0.05) is 66.7 Å². The summed E-state index contributed by atoms with van der Waals surface area (Å²) in [6.45, 7) is 5.83. The molecule has 0 spiro atoms. The van der Waals surface area contributed by atoms with Crippen LogP contribution in [0.3, 0.4) is 0 Å². The Morgan fingerprint density at radius 3 is 2.32 bits per heavy atom. The number of nitrogens with zero attached hydrogens (tertiary/aromatic N) is 2. The highest BCUT2D eigenvalue weighted by Gasteiger charge is 2.21. The van der Waals surface area contributed by atoms with Crippen molar-refractivity contribution < 1.29 is 19.3 Å². The average molecular weight is 602 g/mol. The van der Waals surface area contributed by atoms with Gasteiger partial charge >= 0.3 is 5.97 Å².